The van der Waals surface area contributed by atoms with Gasteiger partial charge in [0.05, 0.1) is 12.2 Å². The lowest BCUT2D eigenvalue weighted by molar-refractivity contribution is -0.164. The topological polar surface area (TPSA) is 141 Å². The number of anilines is 1. The molecule has 0 bridgehead atoms. The number of rotatable bonds is 12. The normalized spacial score (nSPS) is 20.4. The Labute approximate surface area is 246 Å². The second kappa shape index (κ2) is 13.5. The fourth-order valence-corrected chi connectivity index (χ4v) is 5.19. The number of hydrogen-bond donors (Lipinski definition) is 5. The monoisotopic (exact) mass is 583 g/mol. The molecular formula is C31H42FN5O5. The first kappa shape index (κ1) is 31.8. The number of carbonyl (C=O) groups is 1. The van der Waals surface area contributed by atoms with Crippen LogP contribution in [0.25, 0.3) is 0 Å². The van der Waals surface area contributed by atoms with Gasteiger partial charge in [-0.15, -0.1) is 0 Å². The number of aliphatic hydroxyl groups is 3. The highest BCUT2D eigenvalue weighted by molar-refractivity contribution is 5.96. The number of nitrogens with zero attached hydrogens (tertiary/aromatic N) is 3. The van der Waals surface area contributed by atoms with Gasteiger partial charge in [0.25, 0.3) is 5.91 Å². The Bertz CT molecular complexity index is 1290. The van der Waals surface area contributed by atoms with E-state index in [-0.39, 0.29) is 37.1 Å². The zero-order chi connectivity index (χ0) is 30.6. The second-order valence-electron chi connectivity index (χ2n) is 11.9. The minimum Gasteiger partial charge on any atom is -0.376 e. The number of halogens is 1. The van der Waals surface area contributed by atoms with Crippen LogP contribution in [0.5, 0.6) is 0 Å². The van der Waals surface area contributed by atoms with E-state index in [4.69, 9.17) is 10.00 Å². The molecule has 1 aliphatic carbocycles. The smallest absolute Gasteiger partial charge is 0.257 e. The Hall–Kier alpha value is -3.11. The van der Waals surface area contributed by atoms with Crippen LogP contribution < -0.4 is 10.6 Å². The summed E-state index contributed by atoms with van der Waals surface area (Å²) < 4.78 is 19.8. The number of aliphatic hydroxyl groups excluding tert-OH is 2. The summed E-state index contributed by atoms with van der Waals surface area (Å²) in [6.07, 6.45) is -0.729. The van der Waals surface area contributed by atoms with Crippen molar-refractivity contribution < 1.29 is 29.2 Å². The lowest BCUT2D eigenvalue weighted by Crippen LogP contribution is -2.58. The number of hydrogen-bond acceptors (Lipinski definition) is 9. The zero-order valence-corrected chi connectivity index (χ0v) is 24.7. The Morgan fingerprint density at radius 1 is 1.26 bits per heavy atom. The Morgan fingerprint density at radius 2 is 2.00 bits per heavy atom. The van der Waals surface area contributed by atoms with Gasteiger partial charge in [0, 0.05) is 43.3 Å². The summed E-state index contributed by atoms with van der Waals surface area (Å²) in [5.74, 6) is -0.570. The first-order valence-electron chi connectivity index (χ1n) is 14.5. The fraction of sp³-hybridized carbons (Fsp3) is 0.548. The summed E-state index contributed by atoms with van der Waals surface area (Å²) in [5.41, 5.74) is 0.883. The highest BCUT2D eigenvalue weighted by Gasteiger charge is 2.37. The van der Waals surface area contributed by atoms with Crippen LogP contribution in [-0.4, -0.2) is 87.7 Å². The summed E-state index contributed by atoms with van der Waals surface area (Å²) in [4.78, 5) is 17.0. The van der Waals surface area contributed by atoms with Crippen molar-refractivity contribution in [3.63, 3.8) is 0 Å². The molecule has 1 aliphatic heterocycles. The molecule has 2 aromatic rings. The largest absolute Gasteiger partial charge is 0.376 e. The summed E-state index contributed by atoms with van der Waals surface area (Å²) in [6.45, 7) is 8.71. The van der Waals surface area contributed by atoms with Gasteiger partial charge in [0.15, 0.2) is 12.6 Å². The van der Waals surface area contributed by atoms with Gasteiger partial charge in [-0.1, -0.05) is 12.1 Å². The maximum Gasteiger partial charge on any atom is 0.257 e. The minimum absolute atomic E-state index is 0.00613. The Kier molecular flexibility index (Phi) is 10.2. The number of ether oxygens (including phenoxy) is 1. The maximum absolute atomic E-state index is 14.0. The predicted molar refractivity (Wildman–Crippen MR) is 156 cm³/mol. The van der Waals surface area contributed by atoms with Crippen LogP contribution in [0.15, 0.2) is 36.4 Å². The van der Waals surface area contributed by atoms with Crippen molar-refractivity contribution in [2.24, 2.45) is 5.92 Å². The molecule has 1 heterocycles. The van der Waals surface area contributed by atoms with Crippen molar-refractivity contribution in [1.82, 2.24) is 15.1 Å². The number of aryl methyl sites for hydroxylation is 1. The number of benzene rings is 2. The fourth-order valence-electron chi connectivity index (χ4n) is 5.19. The number of amides is 1. The van der Waals surface area contributed by atoms with Crippen molar-refractivity contribution in [3.8, 4) is 6.07 Å². The van der Waals surface area contributed by atoms with E-state index >= 15 is 0 Å². The van der Waals surface area contributed by atoms with Crippen molar-refractivity contribution in [3.05, 3.63) is 64.5 Å². The molecule has 2 aliphatic rings. The van der Waals surface area contributed by atoms with E-state index in [2.05, 4.69) is 10.6 Å². The van der Waals surface area contributed by atoms with Gasteiger partial charge in [-0.2, -0.15) is 5.26 Å². The van der Waals surface area contributed by atoms with E-state index in [0.717, 1.165) is 30.0 Å². The summed E-state index contributed by atoms with van der Waals surface area (Å²) >= 11 is 0. The molecule has 11 heteroatoms. The molecule has 5 N–H and O–H groups in total. The van der Waals surface area contributed by atoms with Crippen LogP contribution in [0.3, 0.4) is 0 Å². The number of nitriles is 1. The van der Waals surface area contributed by atoms with Gasteiger partial charge < -0.3 is 25.4 Å². The van der Waals surface area contributed by atoms with Gasteiger partial charge >= 0.3 is 0 Å². The average molecular weight is 584 g/mol. The third-order valence-corrected chi connectivity index (χ3v) is 7.79. The highest BCUT2D eigenvalue weighted by atomic mass is 19.1. The predicted octanol–water partition coefficient (Wildman–Crippen LogP) is 2.51. The lowest BCUT2D eigenvalue weighted by Gasteiger charge is -2.43. The Balaban J connectivity index is 1.44. The molecule has 2 fully saturated rings. The molecule has 228 valence electrons. The highest BCUT2D eigenvalue weighted by Crippen LogP contribution is 2.31. The zero-order valence-electron chi connectivity index (χ0n) is 24.7. The van der Waals surface area contributed by atoms with Crippen molar-refractivity contribution in [2.75, 3.05) is 31.6 Å². The molecule has 0 aromatic heterocycles. The molecule has 42 heavy (non-hydrogen) atoms. The van der Waals surface area contributed by atoms with Gasteiger partial charge in [-0.25, -0.2) is 4.39 Å². The molecule has 10 nitrogen and oxygen atoms in total. The molecule has 3 unspecified atom stereocenters. The molecule has 1 amide bonds. The SMILES string of the molecule is Cc1ccc(CC(C)(O)N2CCO[C@@H](C(O)Nc3ccc(C#N)c(F)c3)C2)cc1C(=O)N(CC1CC1)C(O)NC(C)C. The van der Waals surface area contributed by atoms with E-state index in [1.165, 1.54) is 17.0 Å². The van der Waals surface area contributed by atoms with E-state index in [1.54, 1.807) is 19.1 Å². The van der Waals surface area contributed by atoms with Gasteiger partial charge in [-0.3, -0.25) is 19.9 Å². The lowest BCUT2D eigenvalue weighted by atomic mass is 9.96. The first-order chi connectivity index (χ1) is 19.9. The van der Waals surface area contributed by atoms with Gasteiger partial charge in [0.1, 0.15) is 23.7 Å². The summed E-state index contributed by atoms with van der Waals surface area (Å²) in [7, 11) is 0. The average Bonchev–Trinajstić information content (AvgIpc) is 3.76. The van der Waals surface area contributed by atoms with E-state index < -0.39 is 30.2 Å². The number of nitrogens with one attached hydrogen (secondary N) is 2. The van der Waals surface area contributed by atoms with Crippen LogP contribution in [0.1, 0.15) is 60.7 Å². The van der Waals surface area contributed by atoms with Crippen LogP contribution in [-0.2, 0) is 11.2 Å². The second-order valence-corrected chi connectivity index (χ2v) is 11.9. The van der Waals surface area contributed by atoms with Crippen LogP contribution >= 0.6 is 0 Å². The molecule has 2 aromatic carbocycles. The quantitative estimate of drug-likeness (QED) is 0.238. The van der Waals surface area contributed by atoms with Crippen molar-refractivity contribution in [2.45, 2.75) is 77.4 Å². The molecule has 1 saturated heterocycles. The van der Waals surface area contributed by atoms with Crippen LogP contribution in [0.2, 0.25) is 0 Å². The summed E-state index contributed by atoms with van der Waals surface area (Å²) in [5, 5.41) is 47.8. The number of morpholine rings is 1. The van der Waals surface area contributed by atoms with Gasteiger partial charge in [0.2, 0.25) is 0 Å². The molecule has 0 radical (unpaired) electrons. The van der Waals surface area contributed by atoms with Crippen molar-refractivity contribution >= 4 is 11.6 Å². The van der Waals surface area contributed by atoms with Gasteiger partial charge in [-0.05, 0) is 81.8 Å². The summed E-state index contributed by atoms with van der Waals surface area (Å²) in [6, 6.07) is 11.2. The molecule has 1 saturated carbocycles. The molecule has 0 spiro atoms. The van der Waals surface area contributed by atoms with E-state index in [0.29, 0.717) is 30.3 Å². The maximum atomic E-state index is 14.0. The number of carbonyl (C=O) groups excluding carboxylic acids is 1. The van der Waals surface area contributed by atoms with E-state index in [9.17, 15) is 24.5 Å². The third kappa shape index (κ3) is 8.04. The molecule has 4 atom stereocenters. The third-order valence-electron chi connectivity index (χ3n) is 7.79. The minimum atomic E-state index is -1.33. The Morgan fingerprint density at radius 3 is 2.64 bits per heavy atom. The van der Waals surface area contributed by atoms with E-state index in [1.807, 2.05) is 37.8 Å². The first-order valence-corrected chi connectivity index (χ1v) is 14.5. The van der Waals surface area contributed by atoms with Crippen LogP contribution in [0, 0.1) is 30.0 Å². The molecular weight excluding hydrogens is 541 g/mol. The standard InChI is InChI=1S/C31H42FN5O5/c1-19(2)34-30(40)37(17-21-7-8-21)29(39)25-13-22(6-5-20(25)3)15-31(4,41)36-11-12-42-27(18-36)28(38)35-24-10-9-23(16-33)26(32)14-24/h5-6,9-10,13-14,19,21,27-28,30,34-35,38,40-41H,7-8,11-12,15,17-18H2,1-4H3/t27-,28?,30?,31?/m1/s1. The van der Waals surface area contributed by atoms with Crippen LogP contribution in [0.4, 0.5) is 10.1 Å². The van der Waals surface area contributed by atoms with Crippen molar-refractivity contribution in [1.29, 1.82) is 5.26 Å². The molecule has 4 rings (SSSR count).